The fourth-order valence-corrected chi connectivity index (χ4v) is 2.75. The van der Waals surface area contributed by atoms with E-state index in [1.165, 1.54) is 0 Å². The maximum absolute atomic E-state index is 12.5. The molecule has 0 bridgehead atoms. The summed E-state index contributed by atoms with van der Waals surface area (Å²) in [5, 5.41) is 12.2. The molecule has 0 heterocycles. The Morgan fingerprint density at radius 1 is 0.964 bits per heavy atom. The van der Waals surface area contributed by atoms with Gasteiger partial charge in [-0.1, -0.05) is 48.0 Å². The number of para-hydroxylation sites is 1. The second kappa shape index (κ2) is 8.70. The first-order chi connectivity index (χ1) is 13.5. The first-order valence-corrected chi connectivity index (χ1v) is 8.88. The van der Waals surface area contributed by atoms with E-state index >= 15 is 0 Å². The van der Waals surface area contributed by atoms with Crippen LogP contribution >= 0.6 is 0 Å². The van der Waals surface area contributed by atoms with Gasteiger partial charge in [-0.05, 0) is 61.4 Å². The Morgan fingerprint density at radius 3 is 2.43 bits per heavy atom. The van der Waals surface area contributed by atoms with E-state index in [0.717, 1.165) is 16.9 Å². The molecule has 0 aliphatic rings. The van der Waals surface area contributed by atoms with E-state index in [1.54, 1.807) is 12.1 Å². The Morgan fingerprint density at radius 2 is 1.71 bits per heavy atom. The number of hydrogen-bond donors (Lipinski definition) is 1. The molecule has 0 saturated carbocycles. The normalized spacial score (nSPS) is 10.8. The highest BCUT2D eigenvalue weighted by molar-refractivity contribution is 6.10. The Labute approximate surface area is 164 Å². The molecule has 3 aromatic rings. The van der Waals surface area contributed by atoms with Gasteiger partial charge in [0.15, 0.2) is 0 Å². The lowest BCUT2D eigenvalue weighted by atomic mass is 10.1. The number of ether oxygens (including phenoxy) is 1. The zero-order chi connectivity index (χ0) is 19.9. The van der Waals surface area contributed by atoms with Crippen LogP contribution in [0.2, 0.25) is 0 Å². The molecule has 1 N–H and O–H groups in total. The predicted octanol–water partition coefficient (Wildman–Crippen LogP) is 5.64. The van der Waals surface area contributed by atoms with Crippen molar-refractivity contribution in [3.05, 3.63) is 95.1 Å². The Kier molecular flexibility index (Phi) is 5.88. The zero-order valence-corrected chi connectivity index (χ0v) is 15.8. The van der Waals surface area contributed by atoms with E-state index in [1.807, 2.05) is 86.6 Å². The van der Waals surface area contributed by atoms with Crippen LogP contribution < -0.4 is 10.1 Å². The van der Waals surface area contributed by atoms with Crippen LogP contribution in [0.25, 0.3) is 6.08 Å². The number of aryl methyl sites for hydroxylation is 2. The van der Waals surface area contributed by atoms with Crippen LogP contribution in [0, 0.1) is 25.2 Å². The van der Waals surface area contributed by atoms with E-state index in [9.17, 15) is 10.1 Å². The highest BCUT2D eigenvalue weighted by atomic mass is 16.5. The monoisotopic (exact) mass is 368 g/mol. The van der Waals surface area contributed by atoms with E-state index in [-0.39, 0.29) is 5.57 Å². The summed E-state index contributed by atoms with van der Waals surface area (Å²) in [6, 6.07) is 24.4. The summed E-state index contributed by atoms with van der Waals surface area (Å²) in [4.78, 5) is 12.5. The molecule has 1 amide bonds. The van der Waals surface area contributed by atoms with Gasteiger partial charge < -0.3 is 10.1 Å². The molecule has 3 rings (SSSR count). The van der Waals surface area contributed by atoms with Gasteiger partial charge in [0.25, 0.3) is 5.91 Å². The lowest BCUT2D eigenvalue weighted by molar-refractivity contribution is -0.112. The fourth-order valence-electron chi connectivity index (χ4n) is 2.75. The van der Waals surface area contributed by atoms with Crippen molar-refractivity contribution in [2.45, 2.75) is 13.8 Å². The summed E-state index contributed by atoms with van der Waals surface area (Å²) in [6.07, 6.45) is 1.55. The fraction of sp³-hybridized carbons (Fsp3) is 0.0833. The molecule has 4 heteroatoms. The van der Waals surface area contributed by atoms with E-state index in [0.29, 0.717) is 17.0 Å². The van der Waals surface area contributed by atoms with E-state index < -0.39 is 5.91 Å². The van der Waals surface area contributed by atoms with Crippen molar-refractivity contribution >= 4 is 17.7 Å². The van der Waals surface area contributed by atoms with Gasteiger partial charge in [0.05, 0.1) is 0 Å². The van der Waals surface area contributed by atoms with Crippen molar-refractivity contribution in [3.63, 3.8) is 0 Å². The summed E-state index contributed by atoms with van der Waals surface area (Å²) >= 11 is 0. The first kappa shape index (κ1) is 18.9. The van der Waals surface area contributed by atoms with Gasteiger partial charge in [0.1, 0.15) is 23.1 Å². The molecular formula is C24H20N2O2. The molecule has 3 aromatic carbocycles. The molecule has 0 aliphatic carbocycles. The molecule has 0 fully saturated rings. The van der Waals surface area contributed by atoms with Crippen molar-refractivity contribution < 1.29 is 9.53 Å². The van der Waals surface area contributed by atoms with E-state index in [4.69, 9.17) is 4.74 Å². The third kappa shape index (κ3) is 4.87. The summed E-state index contributed by atoms with van der Waals surface area (Å²) in [6.45, 7) is 3.91. The van der Waals surface area contributed by atoms with Crippen LogP contribution in [-0.2, 0) is 4.79 Å². The van der Waals surface area contributed by atoms with Gasteiger partial charge in [0, 0.05) is 5.69 Å². The van der Waals surface area contributed by atoms with Crippen molar-refractivity contribution in [2.24, 2.45) is 0 Å². The Hall–Kier alpha value is -3.84. The van der Waals surface area contributed by atoms with Crippen molar-refractivity contribution in [2.75, 3.05) is 5.32 Å². The molecule has 138 valence electrons. The standard InChI is InChI=1S/C24H20N2O2/c1-17-11-12-23(18(2)13-17)26-24(27)20(16-25)14-19-7-6-10-22(15-19)28-21-8-4-3-5-9-21/h3-15H,1-2H3,(H,26,27)/b20-14+. The molecule has 0 aliphatic heterocycles. The van der Waals surface area contributed by atoms with Crippen molar-refractivity contribution in [1.82, 2.24) is 0 Å². The van der Waals surface area contributed by atoms with Crippen LogP contribution in [0.3, 0.4) is 0 Å². The number of carbonyl (C=O) groups excluding carboxylic acids is 1. The van der Waals surface area contributed by atoms with Crippen LogP contribution in [-0.4, -0.2) is 5.91 Å². The predicted molar refractivity (Wildman–Crippen MR) is 111 cm³/mol. The average Bonchev–Trinajstić information content (AvgIpc) is 2.69. The summed E-state index contributed by atoms with van der Waals surface area (Å²) in [5.74, 6) is 0.910. The number of anilines is 1. The SMILES string of the molecule is Cc1ccc(NC(=O)/C(C#N)=C/c2cccc(Oc3ccccc3)c2)c(C)c1. The van der Waals surface area contributed by atoms with Gasteiger partial charge in [-0.3, -0.25) is 4.79 Å². The molecule has 0 saturated heterocycles. The number of nitrogens with zero attached hydrogens (tertiary/aromatic N) is 1. The van der Waals surface area contributed by atoms with Gasteiger partial charge in [-0.2, -0.15) is 5.26 Å². The number of benzene rings is 3. The quantitative estimate of drug-likeness (QED) is 0.468. The third-order valence-corrected chi connectivity index (χ3v) is 4.14. The maximum atomic E-state index is 12.5. The lowest BCUT2D eigenvalue weighted by Crippen LogP contribution is -2.14. The number of rotatable bonds is 5. The maximum Gasteiger partial charge on any atom is 0.266 e. The highest BCUT2D eigenvalue weighted by Crippen LogP contribution is 2.23. The minimum Gasteiger partial charge on any atom is -0.457 e. The van der Waals surface area contributed by atoms with Crippen LogP contribution in [0.1, 0.15) is 16.7 Å². The van der Waals surface area contributed by atoms with Gasteiger partial charge in [-0.15, -0.1) is 0 Å². The molecule has 0 unspecified atom stereocenters. The second-order valence-corrected chi connectivity index (χ2v) is 6.43. The average molecular weight is 368 g/mol. The summed E-state index contributed by atoms with van der Waals surface area (Å²) in [7, 11) is 0. The number of amides is 1. The van der Waals surface area contributed by atoms with E-state index in [2.05, 4.69) is 5.32 Å². The zero-order valence-electron chi connectivity index (χ0n) is 15.8. The van der Waals surface area contributed by atoms with Crippen LogP contribution in [0.4, 0.5) is 5.69 Å². The number of nitriles is 1. The summed E-state index contributed by atoms with van der Waals surface area (Å²) < 4.78 is 5.80. The van der Waals surface area contributed by atoms with Crippen molar-refractivity contribution in [1.29, 1.82) is 5.26 Å². The Bertz CT molecular complexity index is 1060. The third-order valence-electron chi connectivity index (χ3n) is 4.14. The first-order valence-electron chi connectivity index (χ1n) is 8.88. The lowest BCUT2D eigenvalue weighted by Gasteiger charge is -2.09. The summed E-state index contributed by atoms with van der Waals surface area (Å²) in [5.41, 5.74) is 3.49. The highest BCUT2D eigenvalue weighted by Gasteiger charge is 2.11. The largest absolute Gasteiger partial charge is 0.457 e. The molecule has 0 aromatic heterocycles. The smallest absolute Gasteiger partial charge is 0.266 e. The number of nitrogens with one attached hydrogen (secondary N) is 1. The van der Waals surface area contributed by atoms with Crippen LogP contribution in [0.5, 0.6) is 11.5 Å². The number of hydrogen-bond acceptors (Lipinski definition) is 3. The topological polar surface area (TPSA) is 62.1 Å². The second-order valence-electron chi connectivity index (χ2n) is 6.43. The van der Waals surface area contributed by atoms with Gasteiger partial charge >= 0.3 is 0 Å². The molecule has 4 nitrogen and oxygen atoms in total. The molecule has 0 atom stereocenters. The van der Waals surface area contributed by atoms with Gasteiger partial charge in [0.2, 0.25) is 0 Å². The van der Waals surface area contributed by atoms with Gasteiger partial charge in [-0.25, -0.2) is 0 Å². The molecule has 0 radical (unpaired) electrons. The minimum absolute atomic E-state index is 0.0248. The minimum atomic E-state index is -0.441. The molecule has 0 spiro atoms. The molecule has 28 heavy (non-hydrogen) atoms. The Balaban J connectivity index is 1.79. The molecular weight excluding hydrogens is 348 g/mol. The number of carbonyl (C=O) groups is 1. The van der Waals surface area contributed by atoms with Crippen molar-refractivity contribution in [3.8, 4) is 17.6 Å². The van der Waals surface area contributed by atoms with Crippen LogP contribution in [0.15, 0.2) is 78.4 Å².